The highest BCUT2D eigenvalue weighted by Gasteiger charge is 2.14. The topological polar surface area (TPSA) is 47.6 Å². The molecule has 5 heteroatoms. The van der Waals surface area contributed by atoms with Gasteiger partial charge in [0.15, 0.2) is 0 Å². The van der Waals surface area contributed by atoms with Crippen molar-refractivity contribution in [3.8, 4) is 5.75 Å². The normalized spacial score (nSPS) is 11.8. The van der Waals surface area contributed by atoms with Crippen LogP contribution < -0.4 is 10.1 Å². The first-order valence-corrected chi connectivity index (χ1v) is 5.55. The fraction of sp³-hybridized carbons (Fsp3) is 0.364. The smallest absolute Gasteiger partial charge is 0.327 e. The van der Waals surface area contributed by atoms with Gasteiger partial charge in [-0.15, -0.1) is 0 Å². The molecular weight excluding hydrogens is 274 g/mol. The first kappa shape index (κ1) is 12.8. The number of hydrogen-bond donors (Lipinski definition) is 1. The summed E-state index contributed by atoms with van der Waals surface area (Å²) in [5, 5.41) is 3.02. The number of benzene rings is 1. The van der Waals surface area contributed by atoms with E-state index < -0.39 is 6.04 Å². The number of rotatable bonds is 4. The van der Waals surface area contributed by atoms with Crippen molar-refractivity contribution in [3.05, 3.63) is 22.7 Å². The third-order valence-electron chi connectivity index (χ3n) is 2.09. The maximum Gasteiger partial charge on any atom is 0.327 e. The predicted molar refractivity (Wildman–Crippen MR) is 65.8 cm³/mol. The van der Waals surface area contributed by atoms with E-state index in [4.69, 9.17) is 4.74 Å². The van der Waals surface area contributed by atoms with E-state index in [1.807, 2.05) is 18.2 Å². The predicted octanol–water partition coefficient (Wildman–Crippen LogP) is 2.43. The van der Waals surface area contributed by atoms with E-state index in [0.717, 1.165) is 10.2 Å². The van der Waals surface area contributed by atoms with Crippen LogP contribution in [0.15, 0.2) is 22.7 Å². The van der Waals surface area contributed by atoms with E-state index in [-0.39, 0.29) is 5.97 Å². The molecule has 0 aromatic heterocycles. The molecule has 0 saturated heterocycles. The molecule has 1 aromatic rings. The number of ether oxygens (including phenoxy) is 2. The lowest BCUT2D eigenvalue weighted by molar-refractivity contribution is -0.141. The zero-order valence-electron chi connectivity index (χ0n) is 9.41. The largest absolute Gasteiger partial charge is 0.495 e. The third-order valence-corrected chi connectivity index (χ3v) is 2.58. The van der Waals surface area contributed by atoms with Gasteiger partial charge in [-0.25, -0.2) is 4.79 Å². The van der Waals surface area contributed by atoms with Crippen LogP contribution >= 0.6 is 15.9 Å². The standard InChI is InChI=1S/C11H14BrNO3/c1-7(11(14)16-3)13-9-6-8(12)4-5-10(9)15-2/h4-7,13H,1-3H3. The van der Waals surface area contributed by atoms with Crippen molar-refractivity contribution in [2.24, 2.45) is 0 Å². The van der Waals surface area contributed by atoms with Crippen molar-refractivity contribution in [3.63, 3.8) is 0 Å². The lowest BCUT2D eigenvalue weighted by Crippen LogP contribution is -2.27. The average molecular weight is 288 g/mol. The van der Waals surface area contributed by atoms with Gasteiger partial charge in [0.2, 0.25) is 0 Å². The first-order valence-electron chi connectivity index (χ1n) is 4.76. The van der Waals surface area contributed by atoms with Crippen LogP contribution in [-0.2, 0) is 9.53 Å². The number of esters is 1. The van der Waals surface area contributed by atoms with Crippen molar-refractivity contribution < 1.29 is 14.3 Å². The van der Waals surface area contributed by atoms with E-state index in [1.165, 1.54) is 7.11 Å². The molecule has 0 aliphatic rings. The second kappa shape index (κ2) is 5.75. The zero-order chi connectivity index (χ0) is 12.1. The molecule has 0 spiro atoms. The Kier molecular flexibility index (Phi) is 4.61. The van der Waals surface area contributed by atoms with Crippen molar-refractivity contribution in [1.82, 2.24) is 0 Å². The number of nitrogens with one attached hydrogen (secondary N) is 1. The molecule has 0 aliphatic heterocycles. The Morgan fingerprint density at radius 2 is 2.12 bits per heavy atom. The summed E-state index contributed by atoms with van der Waals surface area (Å²) in [6.45, 7) is 1.73. The molecule has 88 valence electrons. The summed E-state index contributed by atoms with van der Waals surface area (Å²) < 4.78 is 10.7. The molecule has 0 bridgehead atoms. The van der Waals surface area contributed by atoms with Crippen LogP contribution in [0, 0.1) is 0 Å². The first-order chi connectivity index (χ1) is 7.58. The highest BCUT2D eigenvalue weighted by molar-refractivity contribution is 9.10. The van der Waals surface area contributed by atoms with Crippen molar-refractivity contribution in [1.29, 1.82) is 0 Å². The number of methoxy groups -OCH3 is 2. The molecule has 1 unspecified atom stereocenters. The number of halogens is 1. The molecular formula is C11H14BrNO3. The zero-order valence-corrected chi connectivity index (χ0v) is 11.0. The minimum absolute atomic E-state index is 0.318. The van der Waals surface area contributed by atoms with Crippen LogP contribution in [0.5, 0.6) is 5.75 Å². The second-order valence-electron chi connectivity index (χ2n) is 3.23. The van der Waals surface area contributed by atoms with E-state index in [0.29, 0.717) is 5.75 Å². The van der Waals surface area contributed by atoms with Gasteiger partial charge in [0.25, 0.3) is 0 Å². The summed E-state index contributed by atoms with van der Waals surface area (Å²) in [6, 6.07) is 5.11. The summed E-state index contributed by atoms with van der Waals surface area (Å²) in [6.07, 6.45) is 0. The Morgan fingerprint density at radius 1 is 1.44 bits per heavy atom. The minimum Gasteiger partial charge on any atom is -0.495 e. The van der Waals surface area contributed by atoms with Crippen molar-refractivity contribution in [2.75, 3.05) is 19.5 Å². The van der Waals surface area contributed by atoms with Crippen LogP contribution in [0.3, 0.4) is 0 Å². The number of carbonyl (C=O) groups is 1. The van der Waals surface area contributed by atoms with Crippen LogP contribution in [0.1, 0.15) is 6.92 Å². The molecule has 16 heavy (non-hydrogen) atoms. The molecule has 0 aliphatic carbocycles. The Balaban J connectivity index is 2.86. The summed E-state index contributed by atoms with van der Waals surface area (Å²) in [4.78, 5) is 11.3. The minimum atomic E-state index is -0.423. The van der Waals surface area contributed by atoms with Gasteiger partial charge in [0.1, 0.15) is 11.8 Å². The Hall–Kier alpha value is -1.23. The molecule has 4 nitrogen and oxygen atoms in total. The lowest BCUT2D eigenvalue weighted by atomic mass is 10.2. The Labute approximate surface area is 103 Å². The van der Waals surface area contributed by atoms with E-state index in [9.17, 15) is 4.79 Å². The molecule has 1 aromatic carbocycles. The van der Waals surface area contributed by atoms with Crippen molar-refractivity contribution in [2.45, 2.75) is 13.0 Å². The maximum absolute atomic E-state index is 11.3. The fourth-order valence-electron chi connectivity index (χ4n) is 1.26. The van der Waals surface area contributed by atoms with E-state index in [2.05, 4.69) is 26.0 Å². The number of hydrogen-bond acceptors (Lipinski definition) is 4. The van der Waals surface area contributed by atoms with Gasteiger partial charge < -0.3 is 14.8 Å². The molecule has 0 heterocycles. The highest BCUT2D eigenvalue weighted by Crippen LogP contribution is 2.28. The summed E-state index contributed by atoms with van der Waals surface area (Å²) in [7, 11) is 2.94. The molecule has 1 rings (SSSR count). The van der Waals surface area contributed by atoms with Gasteiger partial charge in [-0.05, 0) is 25.1 Å². The number of carbonyl (C=O) groups excluding carboxylic acids is 1. The molecule has 0 saturated carbocycles. The van der Waals surface area contributed by atoms with Gasteiger partial charge >= 0.3 is 5.97 Å². The monoisotopic (exact) mass is 287 g/mol. The molecule has 0 amide bonds. The van der Waals surface area contributed by atoms with E-state index >= 15 is 0 Å². The second-order valence-corrected chi connectivity index (χ2v) is 4.15. The lowest BCUT2D eigenvalue weighted by Gasteiger charge is -2.15. The van der Waals surface area contributed by atoms with Crippen LogP contribution in [0.25, 0.3) is 0 Å². The molecule has 1 atom stereocenters. The van der Waals surface area contributed by atoms with Gasteiger partial charge in [0.05, 0.1) is 19.9 Å². The Morgan fingerprint density at radius 3 is 2.69 bits per heavy atom. The Bertz CT molecular complexity index is 381. The molecule has 1 N–H and O–H groups in total. The number of anilines is 1. The summed E-state index contributed by atoms with van der Waals surface area (Å²) in [5.41, 5.74) is 0.745. The quantitative estimate of drug-likeness (QED) is 0.864. The highest BCUT2D eigenvalue weighted by atomic mass is 79.9. The summed E-state index contributed by atoms with van der Waals surface area (Å²) >= 11 is 3.36. The molecule has 0 radical (unpaired) electrons. The van der Waals surface area contributed by atoms with Crippen LogP contribution in [-0.4, -0.2) is 26.2 Å². The molecule has 0 fully saturated rings. The van der Waals surface area contributed by atoms with Crippen molar-refractivity contribution >= 4 is 27.6 Å². The average Bonchev–Trinajstić information content (AvgIpc) is 2.28. The van der Waals surface area contributed by atoms with Gasteiger partial charge in [-0.2, -0.15) is 0 Å². The van der Waals surface area contributed by atoms with Gasteiger partial charge in [0, 0.05) is 4.47 Å². The SMILES string of the molecule is COC(=O)C(C)Nc1cc(Br)ccc1OC. The van der Waals surface area contributed by atoms with Crippen LogP contribution in [0.2, 0.25) is 0 Å². The van der Waals surface area contributed by atoms with Crippen LogP contribution in [0.4, 0.5) is 5.69 Å². The third kappa shape index (κ3) is 3.13. The van der Waals surface area contributed by atoms with E-state index in [1.54, 1.807) is 14.0 Å². The maximum atomic E-state index is 11.3. The van der Waals surface area contributed by atoms with Gasteiger partial charge in [-0.1, -0.05) is 15.9 Å². The van der Waals surface area contributed by atoms with Gasteiger partial charge in [-0.3, -0.25) is 0 Å². The fourth-order valence-corrected chi connectivity index (χ4v) is 1.62. The summed E-state index contributed by atoms with van der Waals surface area (Å²) in [5.74, 6) is 0.362.